The molecule has 1 rings (SSSR count). The van der Waals surface area contributed by atoms with Crippen LogP contribution in [0.15, 0.2) is 17.6 Å². The van der Waals surface area contributed by atoms with Crippen molar-refractivity contribution in [2.24, 2.45) is 0 Å². The molecule has 8 heteroatoms. The summed E-state index contributed by atoms with van der Waals surface area (Å²) >= 11 is 0. The molecule has 0 bridgehead atoms. The highest BCUT2D eigenvalue weighted by atomic mass is 32.2. The van der Waals surface area contributed by atoms with Crippen molar-refractivity contribution in [3.63, 3.8) is 0 Å². The Morgan fingerprint density at radius 2 is 2.31 bits per heavy atom. The Bertz CT molecular complexity index is 465. The molecule has 0 aliphatic heterocycles. The van der Waals surface area contributed by atoms with E-state index in [1.165, 1.54) is 12.5 Å². The molecule has 1 aromatic heterocycles. The van der Waals surface area contributed by atoms with Gasteiger partial charge in [0.1, 0.15) is 0 Å². The number of carboxylic acids is 1. The number of aryl methyl sites for hydroxylation is 1. The zero-order chi connectivity index (χ0) is 12.2. The van der Waals surface area contributed by atoms with E-state index < -0.39 is 16.0 Å². The monoisotopic (exact) mass is 247 g/mol. The second kappa shape index (κ2) is 5.08. The molecular weight excluding hydrogens is 234 g/mol. The van der Waals surface area contributed by atoms with Crippen LogP contribution in [-0.4, -0.2) is 35.6 Å². The fourth-order valence-electron chi connectivity index (χ4n) is 1.02. The predicted octanol–water partition coefficient (Wildman–Crippen LogP) is -0.344. The number of sulfonamides is 1. The fourth-order valence-corrected chi connectivity index (χ4v) is 2.00. The van der Waals surface area contributed by atoms with Crippen LogP contribution in [-0.2, 0) is 21.4 Å². The molecule has 0 radical (unpaired) electrons. The Hall–Kier alpha value is -1.41. The first-order chi connectivity index (χ1) is 7.45. The van der Waals surface area contributed by atoms with Crippen molar-refractivity contribution in [2.45, 2.75) is 24.9 Å². The minimum Gasteiger partial charge on any atom is -0.481 e. The third-order valence-electron chi connectivity index (χ3n) is 1.88. The molecule has 0 aliphatic carbocycles. The summed E-state index contributed by atoms with van der Waals surface area (Å²) in [4.78, 5) is 13.9. The number of nitrogens with one attached hydrogen (secondary N) is 1. The number of aromatic nitrogens is 2. The minimum absolute atomic E-state index is 0.0975. The maximum absolute atomic E-state index is 11.6. The lowest BCUT2D eigenvalue weighted by molar-refractivity contribution is -0.136. The zero-order valence-corrected chi connectivity index (χ0v) is 9.57. The summed E-state index contributed by atoms with van der Waals surface area (Å²) in [5, 5.41) is 8.27. The van der Waals surface area contributed by atoms with E-state index in [0.717, 1.165) is 0 Å². The molecule has 0 amide bonds. The number of aliphatic carboxylic acids is 1. The Labute approximate surface area is 93.2 Å². The van der Waals surface area contributed by atoms with E-state index in [1.807, 2.05) is 6.92 Å². The molecule has 0 unspecified atom stereocenters. The van der Waals surface area contributed by atoms with Crippen molar-refractivity contribution in [2.75, 3.05) is 6.54 Å². The molecule has 0 saturated carbocycles. The zero-order valence-electron chi connectivity index (χ0n) is 8.75. The van der Waals surface area contributed by atoms with Crippen LogP contribution in [0.1, 0.15) is 13.3 Å². The van der Waals surface area contributed by atoms with Crippen molar-refractivity contribution >= 4 is 16.0 Å². The van der Waals surface area contributed by atoms with Gasteiger partial charge < -0.3 is 9.67 Å². The number of carboxylic acid groups (broad SMARTS) is 1. The third kappa shape index (κ3) is 3.31. The molecule has 16 heavy (non-hydrogen) atoms. The molecule has 90 valence electrons. The van der Waals surface area contributed by atoms with Crippen LogP contribution in [0, 0.1) is 0 Å². The molecule has 0 fully saturated rings. The van der Waals surface area contributed by atoms with Crippen molar-refractivity contribution in [1.29, 1.82) is 0 Å². The Balaban J connectivity index is 2.66. The molecule has 1 heterocycles. The van der Waals surface area contributed by atoms with Gasteiger partial charge in [0.25, 0.3) is 10.0 Å². The smallest absolute Gasteiger partial charge is 0.304 e. The van der Waals surface area contributed by atoms with Crippen LogP contribution in [0.5, 0.6) is 0 Å². The molecule has 0 aromatic carbocycles. The summed E-state index contributed by atoms with van der Waals surface area (Å²) in [6.45, 7) is 2.34. The first-order valence-electron chi connectivity index (χ1n) is 4.69. The van der Waals surface area contributed by atoms with E-state index in [1.54, 1.807) is 4.57 Å². The molecule has 7 nitrogen and oxygen atoms in total. The predicted molar refractivity (Wildman–Crippen MR) is 55.3 cm³/mol. The number of imidazole rings is 1. The van der Waals surface area contributed by atoms with Gasteiger partial charge in [-0.3, -0.25) is 4.79 Å². The SMILES string of the molecule is CCn1cnc(S(=O)(=O)NCCC(=O)O)c1. The van der Waals surface area contributed by atoms with Gasteiger partial charge in [-0.05, 0) is 6.92 Å². The van der Waals surface area contributed by atoms with Crippen molar-refractivity contribution in [3.05, 3.63) is 12.5 Å². The van der Waals surface area contributed by atoms with Crippen LogP contribution < -0.4 is 4.72 Å². The maximum Gasteiger partial charge on any atom is 0.304 e. The van der Waals surface area contributed by atoms with Crippen molar-refractivity contribution < 1.29 is 18.3 Å². The Morgan fingerprint density at radius 1 is 1.62 bits per heavy atom. The first kappa shape index (κ1) is 12.7. The summed E-state index contributed by atoms with van der Waals surface area (Å²) in [7, 11) is -3.69. The Morgan fingerprint density at radius 3 is 2.81 bits per heavy atom. The van der Waals surface area contributed by atoms with Gasteiger partial charge >= 0.3 is 5.97 Å². The van der Waals surface area contributed by atoms with Gasteiger partial charge in [0, 0.05) is 19.3 Å². The van der Waals surface area contributed by atoms with Gasteiger partial charge in [-0.15, -0.1) is 0 Å². The highest BCUT2D eigenvalue weighted by Gasteiger charge is 2.16. The summed E-state index contributed by atoms with van der Waals surface area (Å²) in [6, 6.07) is 0. The lowest BCUT2D eigenvalue weighted by Gasteiger charge is -2.01. The van der Waals surface area contributed by atoms with Gasteiger partial charge in [-0.25, -0.2) is 18.1 Å². The molecule has 2 N–H and O–H groups in total. The van der Waals surface area contributed by atoms with Crippen molar-refractivity contribution in [3.8, 4) is 0 Å². The lowest BCUT2D eigenvalue weighted by Crippen LogP contribution is -2.26. The summed E-state index contributed by atoms with van der Waals surface area (Å²) in [6.07, 6.45) is 2.54. The van der Waals surface area contributed by atoms with E-state index in [-0.39, 0.29) is 18.0 Å². The topological polar surface area (TPSA) is 101 Å². The highest BCUT2D eigenvalue weighted by molar-refractivity contribution is 7.89. The Kier molecular flexibility index (Phi) is 4.02. The first-order valence-corrected chi connectivity index (χ1v) is 6.17. The number of nitrogens with zero attached hydrogens (tertiary/aromatic N) is 2. The molecule has 0 atom stereocenters. The van der Waals surface area contributed by atoms with Gasteiger partial charge in [-0.2, -0.15) is 0 Å². The molecule has 0 saturated heterocycles. The van der Waals surface area contributed by atoms with Gasteiger partial charge in [0.2, 0.25) is 0 Å². The lowest BCUT2D eigenvalue weighted by atomic mass is 10.5. The van der Waals surface area contributed by atoms with Crippen molar-refractivity contribution in [1.82, 2.24) is 14.3 Å². The summed E-state index contributed by atoms with van der Waals surface area (Å²) < 4.78 is 26.9. The molecular formula is C8H13N3O4S. The molecule has 0 spiro atoms. The van der Waals surface area contributed by atoms with Crippen LogP contribution in [0.2, 0.25) is 0 Å². The second-order valence-corrected chi connectivity index (χ2v) is 4.80. The van der Waals surface area contributed by atoms with Crippen LogP contribution in [0.25, 0.3) is 0 Å². The largest absolute Gasteiger partial charge is 0.481 e. The average molecular weight is 247 g/mol. The van der Waals surface area contributed by atoms with Gasteiger partial charge in [0.15, 0.2) is 5.03 Å². The summed E-state index contributed by atoms with van der Waals surface area (Å²) in [5.41, 5.74) is 0. The quantitative estimate of drug-likeness (QED) is 0.715. The van der Waals surface area contributed by atoms with E-state index in [4.69, 9.17) is 5.11 Å². The number of hydrogen-bond acceptors (Lipinski definition) is 4. The maximum atomic E-state index is 11.6. The van der Waals surface area contributed by atoms with Crippen LogP contribution in [0.4, 0.5) is 0 Å². The van der Waals surface area contributed by atoms with E-state index in [0.29, 0.717) is 6.54 Å². The van der Waals surface area contributed by atoms with Gasteiger partial charge in [-0.1, -0.05) is 0 Å². The standard InChI is InChI=1S/C8H13N3O4S/c1-2-11-5-7(9-6-11)16(14,15)10-4-3-8(12)13/h5-6,10H,2-4H2,1H3,(H,12,13). The van der Waals surface area contributed by atoms with E-state index >= 15 is 0 Å². The second-order valence-electron chi connectivity index (χ2n) is 3.08. The highest BCUT2D eigenvalue weighted by Crippen LogP contribution is 2.04. The number of carbonyl (C=O) groups is 1. The van der Waals surface area contributed by atoms with Crippen LogP contribution >= 0.6 is 0 Å². The average Bonchev–Trinajstić information content (AvgIpc) is 2.65. The molecule has 1 aromatic rings. The van der Waals surface area contributed by atoms with E-state index in [9.17, 15) is 13.2 Å². The third-order valence-corrected chi connectivity index (χ3v) is 3.23. The van der Waals surface area contributed by atoms with Crippen LogP contribution in [0.3, 0.4) is 0 Å². The fraction of sp³-hybridized carbons (Fsp3) is 0.500. The minimum atomic E-state index is -3.69. The number of rotatable bonds is 6. The van der Waals surface area contributed by atoms with E-state index in [2.05, 4.69) is 9.71 Å². The summed E-state index contributed by atoms with van der Waals surface area (Å²) in [5.74, 6) is -1.05. The number of hydrogen-bond donors (Lipinski definition) is 2. The van der Waals surface area contributed by atoms with Gasteiger partial charge in [0.05, 0.1) is 12.7 Å². The normalized spacial score (nSPS) is 11.6. The molecule has 0 aliphatic rings.